The monoisotopic (exact) mass is 247 g/mol. The number of nitrogens with one attached hydrogen (secondary N) is 1. The van der Waals surface area contributed by atoms with Crippen molar-refractivity contribution in [2.75, 3.05) is 12.8 Å². The zero-order chi connectivity index (χ0) is 13.1. The molecule has 1 unspecified atom stereocenters. The standard InChI is InChI=1S/C14H21N3O/c1-10(14(18)16-2)17(13-7-8-13)9-11-3-5-12(15)6-4-11/h3-6,10,13H,7-9,15H2,1-2H3,(H,16,18). The summed E-state index contributed by atoms with van der Waals surface area (Å²) in [6, 6.07) is 8.34. The summed E-state index contributed by atoms with van der Waals surface area (Å²) >= 11 is 0. The first-order valence-corrected chi connectivity index (χ1v) is 6.43. The first-order chi connectivity index (χ1) is 8.61. The summed E-state index contributed by atoms with van der Waals surface area (Å²) in [6.07, 6.45) is 2.38. The highest BCUT2D eigenvalue weighted by Crippen LogP contribution is 2.30. The van der Waals surface area contributed by atoms with Gasteiger partial charge in [0, 0.05) is 25.3 Å². The number of anilines is 1. The minimum absolute atomic E-state index is 0.0809. The SMILES string of the molecule is CNC(=O)C(C)N(Cc1ccc(N)cc1)C1CC1. The number of carbonyl (C=O) groups excluding carboxylic acids is 1. The van der Waals surface area contributed by atoms with Crippen LogP contribution in [0.4, 0.5) is 5.69 Å². The van der Waals surface area contributed by atoms with Crippen LogP contribution in [0.3, 0.4) is 0 Å². The summed E-state index contributed by atoms with van der Waals surface area (Å²) in [5, 5.41) is 2.72. The van der Waals surface area contributed by atoms with Crippen LogP contribution in [0.2, 0.25) is 0 Å². The van der Waals surface area contributed by atoms with Gasteiger partial charge in [0.15, 0.2) is 0 Å². The third-order valence-corrected chi connectivity index (χ3v) is 3.48. The Hall–Kier alpha value is -1.55. The van der Waals surface area contributed by atoms with Crippen molar-refractivity contribution in [3.63, 3.8) is 0 Å². The summed E-state index contributed by atoms with van der Waals surface area (Å²) in [5.41, 5.74) is 7.66. The highest BCUT2D eigenvalue weighted by molar-refractivity contribution is 5.81. The summed E-state index contributed by atoms with van der Waals surface area (Å²) in [5.74, 6) is 0.0809. The number of nitrogens with two attached hydrogens (primary N) is 1. The van der Waals surface area contributed by atoms with Gasteiger partial charge in [-0.1, -0.05) is 12.1 Å². The Balaban J connectivity index is 2.06. The van der Waals surface area contributed by atoms with Crippen LogP contribution in [0.15, 0.2) is 24.3 Å². The van der Waals surface area contributed by atoms with E-state index in [0.717, 1.165) is 12.2 Å². The van der Waals surface area contributed by atoms with E-state index >= 15 is 0 Å². The predicted molar refractivity (Wildman–Crippen MR) is 72.9 cm³/mol. The highest BCUT2D eigenvalue weighted by Gasteiger charge is 2.34. The van der Waals surface area contributed by atoms with Crippen molar-refractivity contribution in [2.24, 2.45) is 0 Å². The fourth-order valence-electron chi connectivity index (χ4n) is 2.18. The second kappa shape index (κ2) is 5.40. The van der Waals surface area contributed by atoms with Gasteiger partial charge in [0.05, 0.1) is 6.04 Å². The first-order valence-electron chi connectivity index (χ1n) is 6.43. The maximum absolute atomic E-state index is 11.8. The fourth-order valence-corrected chi connectivity index (χ4v) is 2.18. The lowest BCUT2D eigenvalue weighted by molar-refractivity contribution is -0.125. The van der Waals surface area contributed by atoms with Gasteiger partial charge in [-0.3, -0.25) is 9.69 Å². The van der Waals surface area contributed by atoms with Crippen LogP contribution in [0, 0.1) is 0 Å². The molecule has 1 saturated carbocycles. The molecule has 0 aliphatic heterocycles. The zero-order valence-electron chi connectivity index (χ0n) is 11.0. The van der Waals surface area contributed by atoms with Crippen molar-refractivity contribution in [3.05, 3.63) is 29.8 Å². The molecule has 1 aliphatic rings. The average Bonchev–Trinajstić information content (AvgIpc) is 3.20. The Morgan fingerprint density at radius 2 is 2.06 bits per heavy atom. The molecule has 98 valence electrons. The lowest BCUT2D eigenvalue weighted by atomic mass is 10.1. The summed E-state index contributed by atoms with van der Waals surface area (Å²) in [6.45, 7) is 2.77. The molecule has 4 heteroatoms. The van der Waals surface area contributed by atoms with E-state index in [2.05, 4.69) is 10.2 Å². The van der Waals surface area contributed by atoms with Gasteiger partial charge in [-0.15, -0.1) is 0 Å². The van der Waals surface area contributed by atoms with Crippen LogP contribution in [-0.2, 0) is 11.3 Å². The fraction of sp³-hybridized carbons (Fsp3) is 0.500. The number of nitrogens with zero attached hydrogens (tertiary/aromatic N) is 1. The van der Waals surface area contributed by atoms with Gasteiger partial charge < -0.3 is 11.1 Å². The molecule has 1 amide bonds. The average molecular weight is 247 g/mol. The molecule has 4 nitrogen and oxygen atoms in total. The zero-order valence-corrected chi connectivity index (χ0v) is 11.0. The molecule has 0 saturated heterocycles. The Labute approximate surface area is 108 Å². The second-order valence-electron chi connectivity index (χ2n) is 4.94. The number of likely N-dealkylation sites (N-methyl/N-ethyl adjacent to an activating group) is 1. The van der Waals surface area contributed by atoms with Crippen molar-refractivity contribution in [1.29, 1.82) is 0 Å². The number of benzene rings is 1. The molecule has 0 aromatic heterocycles. The maximum Gasteiger partial charge on any atom is 0.236 e. The molecule has 0 radical (unpaired) electrons. The lowest BCUT2D eigenvalue weighted by Crippen LogP contribution is -2.44. The molecule has 2 rings (SSSR count). The van der Waals surface area contributed by atoms with Crippen LogP contribution in [-0.4, -0.2) is 29.9 Å². The van der Waals surface area contributed by atoms with E-state index in [9.17, 15) is 4.79 Å². The van der Waals surface area contributed by atoms with Crippen LogP contribution < -0.4 is 11.1 Å². The van der Waals surface area contributed by atoms with E-state index in [-0.39, 0.29) is 11.9 Å². The summed E-state index contributed by atoms with van der Waals surface area (Å²) in [4.78, 5) is 14.0. The molecule has 0 spiro atoms. The third-order valence-electron chi connectivity index (χ3n) is 3.48. The number of carbonyl (C=O) groups is 1. The molecule has 1 aliphatic carbocycles. The van der Waals surface area contributed by atoms with Crippen LogP contribution in [0.1, 0.15) is 25.3 Å². The Morgan fingerprint density at radius 3 is 2.56 bits per heavy atom. The van der Waals surface area contributed by atoms with E-state index in [4.69, 9.17) is 5.73 Å². The smallest absolute Gasteiger partial charge is 0.236 e. The van der Waals surface area contributed by atoms with Gasteiger partial charge in [-0.05, 0) is 37.5 Å². The van der Waals surface area contributed by atoms with E-state index < -0.39 is 0 Å². The van der Waals surface area contributed by atoms with Gasteiger partial charge in [-0.2, -0.15) is 0 Å². The normalized spacial score (nSPS) is 16.6. The van der Waals surface area contributed by atoms with Gasteiger partial charge in [0.2, 0.25) is 5.91 Å². The number of rotatable bonds is 5. The highest BCUT2D eigenvalue weighted by atomic mass is 16.2. The molecular formula is C14H21N3O. The topological polar surface area (TPSA) is 58.4 Å². The molecule has 1 aromatic rings. The van der Waals surface area contributed by atoms with E-state index in [1.165, 1.54) is 18.4 Å². The number of hydrogen-bond donors (Lipinski definition) is 2. The Morgan fingerprint density at radius 1 is 1.44 bits per heavy atom. The van der Waals surface area contributed by atoms with Crippen LogP contribution in [0.5, 0.6) is 0 Å². The van der Waals surface area contributed by atoms with Crippen molar-refractivity contribution < 1.29 is 4.79 Å². The second-order valence-corrected chi connectivity index (χ2v) is 4.94. The largest absolute Gasteiger partial charge is 0.399 e. The molecular weight excluding hydrogens is 226 g/mol. The van der Waals surface area contributed by atoms with Gasteiger partial charge >= 0.3 is 0 Å². The van der Waals surface area contributed by atoms with Gasteiger partial charge in [-0.25, -0.2) is 0 Å². The number of hydrogen-bond acceptors (Lipinski definition) is 3. The molecule has 3 N–H and O–H groups in total. The van der Waals surface area contributed by atoms with E-state index in [1.54, 1.807) is 7.05 Å². The Bertz CT molecular complexity index is 412. The Kier molecular flexibility index (Phi) is 3.87. The first kappa shape index (κ1) is 12.9. The van der Waals surface area contributed by atoms with Crippen LogP contribution in [0.25, 0.3) is 0 Å². The van der Waals surface area contributed by atoms with Gasteiger partial charge in [0.1, 0.15) is 0 Å². The molecule has 1 aromatic carbocycles. The minimum atomic E-state index is -0.0833. The van der Waals surface area contributed by atoms with Crippen LogP contribution >= 0.6 is 0 Å². The number of nitrogen functional groups attached to an aromatic ring is 1. The molecule has 1 atom stereocenters. The predicted octanol–water partition coefficient (Wildman–Crippen LogP) is 1.37. The summed E-state index contributed by atoms with van der Waals surface area (Å²) < 4.78 is 0. The minimum Gasteiger partial charge on any atom is -0.399 e. The lowest BCUT2D eigenvalue weighted by Gasteiger charge is -2.27. The summed E-state index contributed by atoms with van der Waals surface area (Å²) in [7, 11) is 1.69. The van der Waals surface area contributed by atoms with E-state index in [0.29, 0.717) is 6.04 Å². The van der Waals surface area contributed by atoms with Crippen molar-refractivity contribution in [2.45, 2.75) is 38.4 Å². The molecule has 0 heterocycles. The molecule has 18 heavy (non-hydrogen) atoms. The van der Waals surface area contributed by atoms with E-state index in [1.807, 2.05) is 31.2 Å². The van der Waals surface area contributed by atoms with Gasteiger partial charge in [0.25, 0.3) is 0 Å². The van der Waals surface area contributed by atoms with Crippen molar-refractivity contribution >= 4 is 11.6 Å². The number of amides is 1. The molecule has 0 bridgehead atoms. The van der Waals surface area contributed by atoms with Crippen molar-refractivity contribution in [1.82, 2.24) is 10.2 Å². The third kappa shape index (κ3) is 3.01. The molecule has 1 fully saturated rings. The maximum atomic E-state index is 11.8. The van der Waals surface area contributed by atoms with Crippen molar-refractivity contribution in [3.8, 4) is 0 Å². The quantitative estimate of drug-likeness (QED) is 0.773.